The molecule has 4 aromatic rings. The van der Waals surface area contributed by atoms with Crippen molar-refractivity contribution in [1.82, 2.24) is 25.2 Å². The van der Waals surface area contributed by atoms with Gasteiger partial charge >= 0.3 is 0 Å². The van der Waals surface area contributed by atoms with Crippen LogP contribution in [-0.2, 0) is 0 Å². The Hall–Kier alpha value is -3.45. The molecule has 2 N–H and O–H groups in total. The van der Waals surface area contributed by atoms with Crippen LogP contribution in [-0.4, -0.2) is 25.7 Å². The zero-order chi connectivity index (χ0) is 17.9. The second-order valence-corrected chi connectivity index (χ2v) is 5.87. The summed E-state index contributed by atoms with van der Waals surface area (Å²) in [7, 11) is 0. The van der Waals surface area contributed by atoms with E-state index in [0.29, 0.717) is 27.4 Å². The summed E-state index contributed by atoms with van der Waals surface area (Å²) in [6.07, 6.45) is 3.07. The Bertz CT molecular complexity index is 1060. The van der Waals surface area contributed by atoms with Crippen molar-refractivity contribution in [2.75, 3.05) is 5.43 Å². The van der Waals surface area contributed by atoms with Gasteiger partial charge in [-0.15, -0.1) is 0 Å². The Morgan fingerprint density at radius 3 is 2.54 bits per heavy atom. The van der Waals surface area contributed by atoms with Crippen LogP contribution in [0.5, 0.6) is 0 Å². The molecule has 7 nitrogen and oxygen atoms in total. The van der Waals surface area contributed by atoms with Crippen molar-refractivity contribution in [3.8, 4) is 5.69 Å². The van der Waals surface area contributed by atoms with Gasteiger partial charge in [-0.05, 0) is 36.4 Å². The van der Waals surface area contributed by atoms with E-state index in [1.54, 1.807) is 35.1 Å². The van der Waals surface area contributed by atoms with Crippen LogP contribution >= 0.6 is 11.6 Å². The minimum atomic E-state index is -0.302. The molecule has 1 amide bonds. The highest BCUT2D eigenvalue weighted by molar-refractivity contribution is 6.30. The van der Waals surface area contributed by atoms with Crippen LogP contribution in [0.15, 0.2) is 67.1 Å². The van der Waals surface area contributed by atoms with Gasteiger partial charge < -0.3 is 0 Å². The highest BCUT2D eigenvalue weighted by atomic mass is 35.5. The molecule has 0 bridgehead atoms. The van der Waals surface area contributed by atoms with Gasteiger partial charge in [0.15, 0.2) is 11.5 Å². The number of carbonyl (C=O) groups is 1. The fourth-order valence-electron chi connectivity index (χ4n) is 2.49. The first-order chi connectivity index (χ1) is 12.7. The Morgan fingerprint density at radius 1 is 1.00 bits per heavy atom. The number of carbonyl (C=O) groups excluding carboxylic acids is 1. The number of amides is 1. The fourth-order valence-corrected chi connectivity index (χ4v) is 2.62. The van der Waals surface area contributed by atoms with E-state index in [0.717, 1.165) is 5.69 Å². The van der Waals surface area contributed by atoms with Crippen molar-refractivity contribution in [2.24, 2.45) is 0 Å². The van der Waals surface area contributed by atoms with E-state index < -0.39 is 0 Å². The molecule has 2 heterocycles. The van der Waals surface area contributed by atoms with Gasteiger partial charge in [0, 0.05) is 10.6 Å². The highest BCUT2D eigenvalue weighted by Gasteiger charge is 2.12. The van der Waals surface area contributed by atoms with Crippen LogP contribution in [0.3, 0.4) is 0 Å². The van der Waals surface area contributed by atoms with Crippen LogP contribution in [0.25, 0.3) is 16.7 Å². The Morgan fingerprint density at radius 2 is 1.77 bits per heavy atom. The summed E-state index contributed by atoms with van der Waals surface area (Å²) in [5.74, 6) is 0.156. The number of hydrogen-bond donors (Lipinski definition) is 2. The maximum atomic E-state index is 12.2. The van der Waals surface area contributed by atoms with Gasteiger partial charge in [0.2, 0.25) is 0 Å². The number of fused-ring (bicyclic) bond motifs is 1. The van der Waals surface area contributed by atoms with Gasteiger partial charge in [-0.25, -0.2) is 14.6 Å². The first-order valence-corrected chi connectivity index (χ1v) is 8.16. The molecule has 0 radical (unpaired) electrons. The first-order valence-electron chi connectivity index (χ1n) is 7.78. The van der Waals surface area contributed by atoms with Crippen molar-refractivity contribution in [3.05, 3.63) is 77.7 Å². The minimum absolute atomic E-state index is 0.302. The molecule has 0 aliphatic heterocycles. The molecule has 4 rings (SSSR count). The van der Waals surface area contributed by atoms with Crippen molar-refractivity contribution < 1.29 is 4.79 Å². The smallest absolute Gasteiger partial charge is 0.269 e. The SMILES string of the molecule is O=C(NNc1ncnc2c1cnn2-c1ccccc1)c1ccc(Cl)cc1. The lowest BCUT2D eigenvalue weighted by molar-refractivity contribution is 0.0962. The molecule has 0 atom stereocenters. The van der Waals surface area contributed by atoms with Crippen LogP contribution < -0.4 is 10.9 Å². The molecule has 0 unspecified atom stereocenters. The molecule has 0 aliphatic rings. The third-order valence-electron chi connectivity index (χ3n) is 3.77. The normalized spacial score (nSPS) is 10.7. The topological polar surface area (TPSA) is 84.7 Å². The van der Waals surface area contributed by atoms with Crippen LogP contribution in [0.1, 0.15) is 10.4 Å². The van der Waals surface area contributed by atoms with Crippen LogP contribution in [0.2, 0.25) is 5.02 Å². The Balaban J connectivity index is 1.58. The number of nitrogens with one attached hydrogen (secondary N) is 2. The summed E-state index contributed by atoms with van der Waals surface area (Å²) in [5, 5.41) is 5.63. The summed E-state index contributed by atoms with van der Waals surface area (Å²) in [5.41, 5.74) is 7.44. The van der Waals surface area contributed by atoms with Crippen LogP contribution in [0, 0.1) is 0 Å². The van der Waals surface area contributed by atoms with Crippen molar-refractivity contribution in [2.45, 2.75) is 0 Å². The summed E-state index contributed by atoms with van der Waals surface area (Å²) in [4.78, 5) is 20.7. The molecule has 0 saturated carbocycles. The number of para-hydroxylation sites is 1. The van der Waals surface area contributed by atoms with Gasteiger partial charge in [0.05, 0.1) is 17.3 Å². The minimum Gasteiger partial charge on any atom is -0.281 e. The van der Waals surface area contributed by atoms with Gasteiger partial charge in [0.25, 0.3) is 5.91 Å². The maximum absolute atomic E-state index is 12.2. The molecule has 0 fully saturated rings. The number of aromatic nitrogens is 4. The van der Waals surface area contributed by atoms with E-state index in [-0.39, 0.29) is 5.91 Å². The molecule has 8 heteroatoms. The lowest BCUT2D eigenvalue weighted by Gasteiger charge is -2.08. The second-order valence-electron chi connectivity index (χ2n) is 5.44. The first kappa shape index (κ1) is 16.0. The average Bonchev–Trinajstić information content (AvgIpc) is 3.12. The maximum Gasteiger partial charge on any atom is 0.269 e. The van der Waals surface area contributed by atoms with Gasteiger partial charge in [-0.2, -0.15) is 5.10 Å². The van der Waals surface area contributed by atoms with E-state index in [1.807, 2.05) is 30.3 Å². The highest BCUT2D eigenvalue weighted by Crippen LogP contribution is 2.21. The molecular formula is C18H13ClN6O. The number of benzene rings is 2. The molecule has 2 aromatic carbocycles. The van der Waals surface area contributed by atoms with E-state index >= 15 is 0 Å². The van der Waals surface area contributed by atoms with E-state index in [4.69, 9.17) is 11.6 Å². The lowest BCUT2D eigenvalue weighted by atomic mass is 10.2. The van der Waals surface area contributed by atoms with Gasteiger partial charge in [-0.1, -0.05) is 29.8 Å². The second kappa shape index (κ2) is 6.81. The summed E-state index contributed by atoms with van der Waals surface area (Å²) < 4.78 is 1.71. The summed E-state index contributed by atoms with van der Waals surface area (Å²) in [6, 6.07) is 16.2. The van der Waals surface area contributed by atoms with Crippen molar-refractivity contribution in [1.29, 1.82) is 0 Å². The summed E-state index contributed by atoms with van der Waals surface area (Å²) in [6.45, 7) is 0. The Labute approximate surface area is 153 Å². The Kier molecular flexibility index (Phi) is 4.20. The number of halogens is 1. The molecular weight excluding hydrogens is 352 g/mol. The van der Waals surface area contributed by atoms with E-state index in [2.05, 4.69) is 25.9 Å². The predicted molar refractivity (Wildman–Crippen MR) is 99.2 cm³/mol. The molecule has 0 saturated heterocycles. The molecule has 128 valence electrons. The molecule has 26 heavy (non-hydrogen) atoms. The van der Waals surface area contributed by atoms with E-state index in [1.165, 1.54) is 6.33 Å². The number of anilines is 1. The van der Waals surface area contributed by atoms with Crippen LogP contribution in [0.4, 0.5) is 5.82 Å². The standard InChI is InChI=1S/C18H13ClN6O/c19-13-8-6-12(7-9-13)18(26)24-23-16-15-10-22-25(17(15)21-11-20-16)14-4-2-1-3-5-14/h1-11H,(H,24,26)(H,20,21,23). The lowest BCUT2D eigenvalue weighted by Crippen LogP contribution is -2.29. The quantitative estimate of drug-likeness (QED) is 0.543. The van der Waals surface area contributed by atoms with Gasteiger partial charge in [0.1, 0.15) is 6.33 Å². The number of rotatable bonds is 4. The largest absolute Gasteiger partial charge is 0.281 e. The monoisotopic (exact) mass is 364 g/mol. The fraction of sp³-hybridized carbons (Fsp3) is 0. The van der Waals surface area contributed by atoms with Gasteiger partial charge in [-0.3, -0.25) is 15.6 Å². The number of nitrogens with zero attached hydrogens (tertiary/aromatic N) is 4. The van der Waals surface area contributed by atoms with Crippen molar-refractivity contribution in [3.63, 3.8) is 0 Å². The van der Waals surface area contributed by atoms with Crippen molar-refractivity contribution >= 4 is 34.4 Å². The third kappa shape index (κ3) is 3.07. The zero-order valence-electron chi connectivity index (χ0n) is 13.4. The molecule has 2 aromatic heterocycles. The predicted octanol–water partition coefficient (Wildman–Crippen LogP) is 3.23. The molecule has 0 aliphatic carbocycles. The zero-order valence-corrected chi connectivity index (χ0v) is 14.2. The van der Waals surface area contributed by atoms with E-state index in [9.17, 15) is 4.79 Å². The number of hydrogen-bond acceptors (Lipinski definition) is 5. The molecule has 0 spiro atoms. The average molecular weight is 365 g/mol. The number of hydrazine groups is 1. The summed E-state index contributed by atoms with van der Waals surface area (Å²) >= 11 is 5.83. The third-order valence-corrected chi connectivity index (χ3v) is 4.02.